The van der Waals surface area contributed by atoms with Crippen LogP contribution in [0.4, 0.5) is 11.4 Å². The number of hydrogen-bond donors (Lipinski definition) is 1. The normalized spacial score (nSPS) is 10.3. The van der Waals surface area contributed by atoms with E-state index in [-0.39, 0.29) is 11.6 Å². The molecule has 0 bridgehead atoms. The fraction of sp³-hybridized carbons (Fsp3) is 0.235. The molecule has 0 heterocycles. The number of benzene rings is 2. The Hall–Kier alpha value is -2.69. The molecule has 0 atom stereocenters. The van der Waals surface area contributed by atoms with Crippen LogP contribution in [0.15, 0.2) is 36.4 Å². The Labute approximate surface area is 129 Å². The fourth-order valence-electron chi connectivity index (χ4n) is 2.41. The van der Waals surface area contributed by atoms with Crippen LogP contribution in [0, 0.1) is 24.0 Å². The van der Waals surface area contributed by atoms with E-state index in [1.807, 2.05) is 32.0 Å². The third kappa shape index (κ3) is 3.14. The van der Waals surface area contributed by atoms with Gasteiger partial charge in [-0.1, -0.05) is 25.1 Å². The van der Waals surface area contributed by atoms with Gasteiger partial charge in [0.1, 0.15) is 0 Å². The Morgan fingerprint density at radius 2 is 1.86 bits per heavy atom. The highest BCUT2D eigenvalue weighted by Gasteiger charge is 2.16. The number of amides is 1. The molecule has 0 spiro atoms. The third-order valence-corrected chi connectivity index (χ3v) is 3.62. The second-order valence-electron chi connectivity index (χ2n) is 5.18. The number of non-ortho nitro benzene ring substituents is 1. The number of anilines is 1. The Bertz CT molecular complexity index is 739. The second-order valence-corrected chi connectivity index (χ2v) is 5.18. The SMILES string of the molecule is CCc1cc([N+](=O)[O-])cc(C)c1NC(=O)c1ccccc1C. The first-order valence-corrected chi connectivity index (χ1v) is 7.09. The summed E-state index contributed by atoms with van der Waals surface area (Å²) in [5.41, 5.74) is 3.63. The summed E-state index contributed by atoms with van der Waals surface area (Å²) in [5, 5.41) is 13.8. The average Bonchev–Trinajstić information content (AvgIpc) is 2.49. The highest BCUT2D eigenvalue weighted by molar-refractivity contribution is 6.06. The van der Waals surface area contributed by atoms with E-state index in [1.165, 1.54) is 12.1 Å². The van der Waals surface area contributed by atoms with Crippen LogP contribution in [0.2, 0.25) is 0 Å². The molecular formula is C17H18N2O3. The van der Waals surface area contributed by atoms with Crippen molar-refractivity contribution < 1.29 is 9.72 Å². The number of carbonyl (C=O) groups is 1. The van der Waals surface area contributed by atoms with Gasteiger partial charge in [-0.25, -0.2) is 0 Å². The fourth-order valence-corrected chi connectivity index (χ4v) is 2.41. The average molecular weight is 298 g/mol. The lowest BCUT2D eigenvalue weighted by atomic mass is 10.0. The van der Waals surface area contributed by atoms with Crippen molar-refractivity contribution in [2.45, 2.75) is 27.2 Å². The predicted octanol–water partition coefficient (Wildman–Crippen LogP) is 4.03. The smallest absolute Gasteiger partial charge is 0.270 e. The summed E-state index contributed by atoms with van der Waals surface area (Å²) in [6, 6.07) is 10.3. The topological polar surface area (TPSA) is 72.2 Å². The van der Waals surface area contributed by atoms with E-state index < -0.39 is 4.92 Å². The highest BCUT2D eigenvalue weighted by Crippen LogP contribution is 2.28. The minimum atomic E-state index is -0.418. The van der Waals surface area contributed by atoms with E-state index in [0.717, 1.165) is 11.1 Å². The van der Waals surface area contributed by atoms with Crippen molar-refractivity contribution in [1.82, 2.24) is 0 Å². The summed E-state index contributed by atoms with van der Waals surface area (Å²) < 4.78 is 0. The summed E-state index contributed by atoms with van der Waals surface area (Å²) in [6.45, 7) is 5.54. The van der Waals surface area contributed by atoms with Crippen LogP contribution in [-0.4, -0.2) is 10.8 Å². The summed E-state index contributed by atoms with van der Waals surface area (Å²) >= 11 is 0. The van der Waals surface area contributed by atoms with Gasteiger partial charge in [0.05, 0.1) is 4.92 Å². The quantitative estimate of drug-likeness (QED) is 0.684. The number of carbonyl (C=O) groups excluding carboxylic acids is 1. The molecule has 0 aliphatic rings. The number of nitrogens with one attached hydrogen (secondary N) is 1. The van der Waals surface area contributed by atoms with Crippen molar-refractivity contribution in [2.75, 3.05) is 5.32 Å². The standard InChI is InChI=1S/C17H18N2O3/c1-4-13-10-14(19(21)22)9-12(3)16(13)18-17(20)15-8-6-5-7-11(15)2/h5-10H,4H2,1-3H3,(H,18,20). The molecule has 0 aliphatic heterocycles. The molecule has 0 saturated carbocycles. The molecule has 0 saturated heterocycles. The van der Waals surface area contributed by atoms with Crippen molar-refractivity contribution in [2.24, 2.45) is 0 Å². The molecule has 2 aromatic rings. The molecule has 5 heteroatoms. The number of nitrogens with zero attached hydrogens (tertiary/aromatic N) is 1. The number of nitro benzene ring substituents is 1. The molecule has 5 nitrogen and oxygen atoms in total. The van der Waals surface area contributed by atoms with Crippen molar-refractivity contribution in [1.29, 1.82) is 0 Å². The molecular weight excluding hydrogens is 280 g/mol. The van der Waals surface area contributed by atoms with Gasteiger partial charge < -0.3 is 5.32 Å². The Balaban J connectivity index is 2.39. The van der Waals surface area contributed by atoms with Crippen LogP contribution in [0.1, 0.15) is 34.0 Å². The minimum absolute atomic E-state index is 0.0447. The predicted molar refractivity (Wildman–Crippen MR) is 86.3 cm³/mol. The van der Waals surface area contributed by atoms with Crippen LogP contribution in [0.25, 0.3) is 0 Å². The van der Waals surface area contributed by atoms with E-state index >= 15 is 0 Å². The second kappa shape index (κ2) is 6.39. The van der Waals surface area contributed by atoms with Crippen molar-refractivity contribution in [3.05, 3.63) is 68.8 Å². The largest absolute Gasteiger partial charge is 0.321 e. The third-order valence-electron chi connectivity index (χ3n) is 3.62. The zero-order valence-electron chi connectivity index (χ0n) is 12.8. The molecule has 0 radical (unpaired) electrons. The molecule has 0 aliphatic carbocycles. The summed E-state index contributed by atoms with van der Waals surface area (Å²) in [5.74, 6) is -0.204. The van der Waals surface area contributed by atoms with Gasteiger partial charge in [-0.3, -0.25) is 14.9 Å². The van der Waals surface area contributed by atoms with E-state index in [2.05, 4.69) is 5.32 Å². The van der Waals surface area contributed by atoms with Gasteiger partial charge in [0, 0.05) is 23.4 Å². The Morgan fingerprint density at radius 1 is 1.18 bits per heavy atom. The zero-order chi connectivity index (χ0) is 16.3. The van der Waals surface area contributed by atoms with E-state index in [9.17, 15) is 14.9 Å². The number of hydrogen-bond acceptors (Lipinski definition) is 3. The van der Waals surface area contributed by atoms with Crippen LogP contribution in [-0.2, 0) is 6.42 Å². The lowest BCUT2D eigenvalue weighted by Crippen LogP contribution is -2.15. The lowest BCUT2D eigenvalue weighted by Gasteiger charge is -2.14. The summed E-state index contributed by atoms with van der Waals surface area (Å²) in [7, 11) is 0. The lowest BCUT2D eigenvalue weighted by molar-refractivity contribution is -0.384. The molecule has 22 heavy (non-hydrogen) atoms. The first-order chi connectivity index (χ1) is 10.4. The zero-order valence-corrected chi connectivity index (χ0v) is 12.8. The maximum atomic E-state index is 12.4. The maximum absolute atomic E-state index is 12.4. The van der Waals surface area contributed by atoms with E-state index in [0.29, 0.717) is 23.2 Å². The summed E-state index contributed by atoms with van der Waals surface area (Å²) in [6.07, 6.45) is 0.603. The van der Waals surface area contributed by atoms with Crippen molar-refractivity contribution >= 4 is 17.3 Å². The molecule has 114 valence electrons. The van der Waals surface area contributed by atoms with Crippen LogP contribution in [0.3, 0.4) is 0 Å². The van der Waals surface area contributed by atoms with Gasteiger partial charge >= 0.3 is 0 Å². The molecule has 2 rings (SSSR count). The summed E-state index contributed by atoms with van der Waals surface area (Å²) in [4.78, 5) is 23.0. The van der Waals surface area contributed by atoms with Crippen molar-refractivity contribution in [3.63, 3.8) is 0 Å². The highest BCUT2D eigenvalue weighted by atomic mass is 16.6. The molecule has 0 aromatic heterocycles. The van der Waals surface area contributed by atoms with E-state index in [4.69, 9.17) is 0 Å². The number of rotatable bonds is 4. The molecule has 1 amide bonds. The van der Waals surface area contributed by atoms with Gasteiger partial charge in [0.25, 0.3) is 11.6 Å². The van der Waals surface area contributed by atoms with E-state index in [1.54, 1.807) is 13.0 Å². The Morgan fingerprint density at radius 3 is 2.45 bits per heavy atom. The van der Waals surface area contributed by atoms with Crippen molar-refractivity contribution in [3.8, 4) is 0 Å². The molecule has 0 fully saturated rings. The minimum Gasteiger partial charge on any atom is -0.321 e. The molecule has 1 N–H and O–H groups in total. The molecule has 0 unspecified atom stereocenters. The van der Waals surface area contributed by atoms with Crippen LogP contribution in [0.5, 0.6) is 0 Å². The Kier molecular flexibility index (Phi) is 4.56. The van der Waals surface area contributed by atoms with Crippen LogP contribution >= 0.6 is 0 Å². The van der Waals surface area contributed by atoms with Gasteiger partial charge in [-0.05, 0) is 43.0 Å². The number of nitro groups is 1. The van der Waals surface area contributed by atoms with Gasteiger partial charge in [0.2, 0.25) is 0 Å². The number of aryl methyl sites for hydroxylation is 3. The first kappa shape index (κ1) is 15.7. The van der Waals surface area contributed by atoms with Gasteiger partial charge in [-0.2, -0.15) is 0 Å². The monoisotopic (exact) mass is 298 g/mol. The van der Waals surface area contributed by atoms with Gasteiger partial charge in [0.15, 0.2) is 0 Å². The van der Waals surface area contributed by atoms with Crippen LogP contribution < -0.4 is 5.32 Å². The maximum Gasteiger partial charge on any atom is 0.270 e. The molecule has 2 aromatic carbocycles. The van der Waals surface area contributed by atoms with Gasteiger partial charge in [-0.15, -0.1) is 0 Å². The first-order valence-electron chi connectivity index (χ1n) is 7.09.